The molecule has 0 atom stereocenters. The molecule has 0 unspecified atom stereocenters. The lowest BCUT2D eigenvalue weighted by molar-refractivity contribution is 0.669. The highest BCUT2D eigenvalue weighted by Gasteiger charge is 2.23. The third-order valence-electron chi connectivity index (χ3n) is 21.5. The van der Waals surface area contributed by atoms with E-state index < -0.39 is 0 Å². The Kier molecular flexibility index (Phi) is 16.2. The average molecular weight is 1450 g/mol. The van der Waals surface area contributed by atoms with Crippen LogP contribution in [0.2, 0.25) is 0 Å². The smallest absolute Gasteiger partial charge is 0.161 e. The molecule has 0 saturated carbocycles. The number of hydrogen-bond donors (Lipinski definition) is 0. The molecule has 21 rings (SSSR count). The van der Waals surface area contributed by atoms with Crippen molar-refractivity contribution in [3.05, 3.63) is 388 Å². The summed E-state index contributed by atoms with van der Waals surface area (Å²) in [5.74, 6) is 1.34. The first-order valence-corrected chi connectivity index (χ1v) is 39.1. The van der Waals surface area contributed by atoms with E-state index in [0.717, 1.165) is 150 Å². The Balaban J connectivity index is 0.638. The molecular formula is C104H64N4OS2. The Morgan fingerprint density at radius 3 is 1.18 bits per heavy atom. The minimum atomic E-state index is 0.664. The summed E-state index contributed by atoms with van der Waals surface area (Å²) in [6.07, 6.45) is 0. The van der Waals surface area contributed by atoms with Crippen LogP contribution in [-0.4, -0.2) is 19.9 Å². The molecule has 0 bridgehead atoms. The third-order valence-corrected chi connectivity index (χ3v) is 23.8. The van der Waals surface area contributed by atoms with E-state index in [-0.39, 0.29) is 0 Å². The zero-order valence-corrected chi connectivity index (χ0v) is 61.6. The molecule has 111 heavy (non-hydrogen) atoms. The highest BCUT2D eigenvalue weighted by atomic mass is 32.1. The van der Waals surface area contributed by atoms with Crippen LogP contribution in [0.15, 0.2) is 393 Å². The molecule has 0 saturated heterocycles. The number of aromatic nitrogens is 4. The SMILES string of the molecule is c1ccc(-c2ccc(-c3ccc4sc5cccc(-c6cc(-c7cccc(-c8cc(-c9ccccc9-c9ccc(-c%10ccc%11sc%12cccc(-c%13nc(-c%14ccccc%14)cc(-c%14cc(-c%15ccccc%15)cc(-c%15ccccc%15)c%14)n%13)c%12c%11c%10)cc9)cc9oc%10ccccc%10c89)c7)nc(-c7ccccc7)n6)c5c4c3)cc2)cc1. The van der Waals surface area contributed by atoms with Crippen LogP contribution in [0.5, 0.6) is 0 Å². The van der Waals surface area contributed by atoms with Crippen molar-refractivity contribution in [1.29, 1.82) is 0 Å². The second-order valence-corrected chi connectivity index (χ2v) is 30.5. The van der Waals surface area contributed by atoms with Crippen LogP contribution in [0.25, 0.3) is 219 Å². The molecule has 0 aliphatic heterocycles. The van der Waals surface area contributed by atoms with Crippen molar-refractivity contribution in [2.45, 2.75) is 0 Å². The number of fused-ring (bicyclic) bond motifs is 9. The maximum Gasteiger partial charge on any atom is 0.161 e. The van der Waals surface area contributed by atoms with Gasteiger partial charge in [-0.3, -0.25) is 0 Å². The number of benzene rings is 16. The van der Waals surface area contributed by atoms with E-state index in [9.17, 15) is 0 Å². The van der Waals surface area contributed by atoms with E-state index in [1.165, 1.54) is 57.2 Å². The van der Waals surface area contributed by atoms with Crippen molar-refractivity contribution in [2.75, 3.05) is 0 Å². The predicted molar refractivity (Wildman–Crippen MR) is 467 cm³/mol. The standard InChI is InChI=1S/C104H64N4OS2/c1-6-23-65(24-7-1)68-43-45-69(46-44-68)74-51-53-96-88(59-74)101-84(38-21-41-98(101)110-96)93-64-91(105-103(108-93)73-31-14-5-15-32-73)77-34-20-33-76(55-77)87-61-80(62-95-100(87)85-37-18-19-40-94(85)109-95)83-36-17-16-35-82(83)71-49-47-70(48-50-71)75-52-54-97-89(60-75)102-86(39-22-42-99(102)111-97)104-106-90(72-29-12-4-13-30-72)63-92(107-104)81-57-78(66-25-8-2-9-26-66)56-79(58-81)67-27-10-3-11-28-67/h1-64H. The van der Waals surface area contributed by atoms with E-state index in [2.05, 4.69) is 376 Å². The molecule has 0 N–H and O–H groups in total. The Morgan fingerprint density at radius 1 is 0.171 bits per heavy atom. The quantitative estimate of drug-likeness (QED) is 0.109. The lowest BCUT2D eigenvalue weighted by atomic mass is 9.89. The molecular weight excluding hydrogens is 1390 g/mol. The molecule has 16 aromatic carbocycles. The summed E-state index contributed by atoms with van der Waals surface area (Å²) < 4.78 is 11.7. The Morgan fingerprint density at radius 2 is 0.568 bits per heavy atom. The lowest BCUT2D eigenvalue weighted by Crippen LogP contribution is -1.97. The average Bonchev–Trinajstić information content (AvgIpc) is 1.64. The predicted octanol–water partition coefficient (Wildman–Crippen LogP) is 29.2. The van der Waals surface area contributed by atoms with Gasteiger partial charge in [-0.1, -0.05) is 297 Å². The van der Waals surface area contributed by atoms with Gasteiger partial charge in [-0.15, -0.1) is 22.7 Å². The maximum absolute atomic E-state index is 6.88. The molecule has 5 heterocycles. The number of rotatable bonds is 14. The molecule has 21 aromatic rings. The maximum atomic E-state index is 6.88. The second kappa shape index (κ2) is 27.6. The van der Waals surface area contributed by atoms with Crippen molar-refractivity contribution in [2.24, 2.45) is 0 Å². The Bertz CT molecular complexity index is 7100. The van der Waals surface area contributed by atoms with Gasteiger partial charge in [0.2, 0.25) is 0 Å². The molecule has 0 spiro atoms. The highest BCUT2D eigenvalue weighted by Crippen LogP contribution is 2.48. The summed E-state index contributed by atoms with van der Waals surface area (Å²) in [4.78, 5) is 21.9. The zero-order valence-electron chi connectivity index (χ0n) is 60.0. The van der Waals surface area contributed by atoms with Gasteiger partial charge in [0.1, 0.15) is 11.2 Å². The van der Waals surface area contributed by atoms with Gasteiger partial charge in [0.25, 0.3) is 0 Å². The van der Waals surface area contributed by atoms with E-state index in [4.69, 9.17) is 24.4 Å². The summed E-state index contributed by atoms with van der Waals surface area (Å²) in [6, 6.07) is 139. The number of furan rings is 1. The van der Waals surface area contributed by atoms with Gasteiger partial charge in [-0.05, 0) is 180 Å². The van der Waals surface area contributed by atoms with Gasteiger partial charge in [0.05, 0.1) is 22.8 Å². The van der Waals surface area contributed by atoms with Gasteiger partial charge in [0, 0.05) is 84.5 Å². The zero-order chi connectivity index (χ0) is 73.3. The lowest BCUT2D eigenvalue weighted by Gasteiger charge is -2.14. The minimum absolute atomic E-state index is 0.664. The molecule has 5 aromatic heterocycles. The number of hydrogen-bond acceptors (Lipinski definition) is 7. The van der Waals surface area contributed by atoms with Gasteiger partial charge < -0.3 is 4.42 Å². The highest BCUT2D eigenvalue weighted by molar-refractivity contribution is 7.26. The largest absolute Gasteiger partial charge is 0.456 e. The van der Waals surface area contributed by atoms with Crippen LogP contribution in [0.4, 0.5) is 0 Å². The van der Waals surface area contributed by atoms with Gasteiger partial charge >= 0.3 is 0 Å². The van der Waals surface area contributed by atoms with Gasteiger partial charge in [-0.2, -0.15) is 0 Å². The Hall–Kier alpha value is -14.1. The molecule has 518 valence electrons. The molecule has 0 aliphatic carbocycles. The van der Waals surface area contributed by atoms with Crippen LogP contribution in [-0.2, 0) is 0 Å². The fourth-order valence-electron chi connectivity index (χ4n) is 16.1. The summed E-state index contributed by atoms with van der Waals surface area (Å²) in [5, 5.41) is 6.83. The first-order chi connectivity index (χ1) is 54.9. The second-order valence-electron chi connectivity index (χ2n) is 28.3. The summed E-state index contributed by atoms with van der Waals surface area (Å²) in [7, 11) is 0. The van der Waals surface area contributed by atoms with Crippen molar-refractivity contribution in [1.82, 2.24) is 19.9 Å². The fraction of sp³-hybridized carbons (Fsp3) is 0. The molecule has 0 fully saturated rings. The van der Waals surface area contributed by atoms with Gasteiger partial charge in [0.15, 0.2) is 11.6 Å². The van der Waals surface area contributed by atoms with Crippen molar-refractivity contribution >= 4 is 85.0 Å². The number of para-hydroxylation sites is 1. The van der Waals surface area contributed by atoms with Crippen LogP contribution in [0.3, 0.4) is 0 Å². The molecule has 7 heteroatoms. The van der Waals surface area contributed by atoms with Crippen molar-refractivity contribution in [3.63, 3.8) is 0 Å². The third kappa shape index (κ3) is 12.1. The number of nitrogens with zero attached hydrogens (tertiary/aromatic N) is 4. The topological polar surface area (TPSA) is 64.7 Å². The van der Waals surface area contributed by atoms with E-state index in [1.807, 2.05) is 23.5 Å². The van der Waals surface area contributed by atoms with E-state index in [0.29, 0.717) is 11.6 Å². The normalized spacial score (nSPS) is 11.6. The fourth-order valence-corrected chi connectivity index (χ4v) is 18.3. The van der Waals surface area contributed by atoms with Crippen LogP contribution in [0.1, 0.15) is 0 Å². The summed E-state index contributed by atoms with van der Waals surface area (Å²) in [5.41, 5.74) is 29.1. The van der Waals surface area contributed by atoms with Gasteiger partial charge in [-0.25, -0.2) is 19.9 Å². The molecule has 0 aliphatic rings. The van der Waals surface area contributed by atoms with Crippen LogP contribution >= 0.6 is 22.7 Å². The molecule has 5 nitrogen and oxygen atoms in total. The van der Waals surface area contributed by atoms with Crippen LogP contribution in [0, 0.1) is 0 Å². The van der Waals surface area contributed by atoms with Crippen molar-refractivity contribution < 1.29 is 4.42 Å². The Labute approximate surface area is 649 Å². The first kappa shape index (κ1) is 65.2. The monoisotopic (exact) mass is 1450 g/mol. The summed E-state index contributed by atoms with van der Waals surface area (Å²) in [6.45, 7) is 0. The minimum Gasteiger partial charge on any atom is -0.456 e. The molecule has 0 radical (unpaired) electrons. The van der Waals surface area contributed by atoms with E-state index >= 15 is 0 Å². The van der Waals surface area contributed by atoms with Crippen molar-refractivity contribution in [3.8, 4) is 157 Å². The van der Waals surface area contributed by atoms with E-state index in [1.54, 1.807) is 11.3 Å². The molecule has 0 amide bonds. The van der Waals surface area contributed by atoms with Crippen LogP contribution < -0.4 is 0 Å². The first-order valence-electron chi connectivity index (χ1n) is 37.4. The number of thiophene rings is 2. The summed E-state index contributed by atoms with van der Waals surface area (Å²) >= 11 is 3.63.